The summed E-state index contributed by atoms with van der Waals surface area (Å²) in [6.07, 6.45) is 1.55. The lowest BCUT2D eigenvalue weighted by Crippen LogP contribution is -2.41. The molecule has 0 aromatic heterocycles. The summed E-state index contributed by atoms with van der Waals surface area (Å²) in [5.41, 5.74) is 7.42. The Balaban J connectivity index is 1.11. The van der Waals surface area contributed by atoms with Gasteiger partial charge in [0.15, 0.2) is 0 Å². The van der Waals surface area contributed by atoms with Gasteiger partial charge in [-0.05, 0) is 66.3 Å². The smallest absolute Gasteiger partial charge is 0.269 e. The van der Waals surface area contributed by atoms with Crippen LogP contribution in [0.5, 0.6) is 5.75 Å². The van der Waals surface area contributed by atoms with Gasteiger partial charge in [-0.25, -0.2) is 8.42 Å². The second kappa shape index (κ2) is 10.9. The van der Waals surface area contributed by atoms with Crippen LogP contribution in [0.2, 0.25) is 0 Å². The molecule has 0 spiro atoms. The average Bonchev–Trinajstić information content (AvgIpc) is 3.66. The van der Waals surface area contributed by atoms with Crippen molar-refractivity contribution in [1.82, 2.24) is 15.2 Å². The van der Waals surface area contributed by atoms with E-state index in [9.17, 15) is 22.8 Å². The van der Waals surface area contributed by atoms with Crippen LogP contribution in [-0.2, 0) is 16.6 Å². The van der Waals surface area contributed by atoms with Crippen molar-refractivity contribution < 1.29 is 27.5 Å². The third-order valence-electron chi connectivity index (χ3n) is 7.60. The first-order valence-corrected chi connectivity index (χ1v) is 14.9. The van der Waals surface area contributed by atoms with Crippen LogP contribution in [0.1, 0.15) is 49.5 Å². The second-order valence-electron chi connectivity index (χ2n) is 10.2. The number of hydrogen-bond acceptors (Lipinski definition) is 6. The van der Waals surface area contributed by atoms with E-state index < -0.39 is 21.8 Å². The highest BCUT2D eigenvalue weighted by molar-refractivity contribution is 7.89. The third kappa shape index (κ3) is 4.86. The largest absolute Gasteiger partial charge is 0.495 e. The Hall–Kier alpha value is -4.74. The first-order chi connectivity index (χ1) is 20.3. The number of carbonyl (C=O) groups excluding carboxylic acids is 3. The fraction of sp³-hybridized carbons (Fsp3) is 0.194. The molecule has 214 valence electrons. The van der Waals surface area contributed by atoms with E-state index >= 15 is 0 Å². The maximum absolute atomic E-state index is 13.1. The Labute approximate surface area is 242 Å². The lowest BCUT2D eigenvalue weighted by atomic mass is 10.1. The Morgan fingerprint density at radius 3 is 2.19 bits per heavy atom. The first-order valence-electron chi connectivity index (χ1n) is 13.5. The van der Waals surface area contributed by atoms with Crippen molar-refractivity contribution in [2.45, 2.75) is 24.3 Å². The molecular formula is C31H28N4O6S. The molecule has 6 rings (SSSR count). The van der Waals surface area contributed by atoms with Gasteiger partial charge in [0.25, 0.3) is 17.7 Å². The SMILES string of the molecule is COc1ccc(C(=O)NNC(=O)c2ccc(CN3C(=O)c4cccc5cccc3c45)cc2)cc1S(=O)(=O)N1CCCC1. The van der Waals surface area contributed by atoms with Crippen LogP contribution in [-0.4, -0.2) is 50.6 Å². The standard InChI is InChI=1S/C31H28N4O6S/c1-41-26-15-14-23(18-27(26)42(39,40)34-16-2-3-17-34)30(37)33-32-29(36)22-12-10-20(11-13-22)19-35-25-9-5-7-21-6-4-8-24(28(21)25)31(35)38/h4-15,18H,2-3,16-17,19H2,1H3,(H,32,36)(H,33,37). The Bertz CT molecular complexity index is 1830. The van der Waals surface area contributed by atoms with E-state index in [0.717, 1.165) is 34.9 Å². The molecule has 0 aliphatic carbocycles. The van der Waals surface area contributed by atoms with Crippen LogP contribution < -0.4 is 20.5 Å². The molecule has 42 heavy (non-hydrogen) atoms. The molecule has 10 nitrogen and oxygen atoms in total. The van der Waals surface area contributed by atoms with Crippen LogP contribution in [0.25, 0.3) is 10.8 Å². The molecule has 4 aromatic carbocycles. The number of anilines is 1. The maximum Gasteiger partial charge on any atom is 0.269 e. The van der Waals surface area contributed by atoms with Gasteiger partial charge in [-0.1, -0.05) is 36.4 Å². The molecule has 2 aliphatic heterocycles. The lowest BCUT2D eigenvalue weighted by Gasteiger charge is -2.18. The number of methoxy groups -OCH3 is 1. The molecule has 2 aliphatic rings. The van der Waals surface area contributed by atoms with Gasteiger partial charge in [0.05, 0.1) is 19.3 Å². The number of carbonyl (C=O) groups is 3. The number of amides is 3. The third-order valence-corrected chi connectivity index (χ3v) is 9.52. The summed E-state index contributed by atoms with van der Waals surface area (Å²) in [6, 6.07) is 22.3. The van der Waals surface area contributed by atoms with E-state index in [2.05, 4.69) is 10.9 Å². The summed E-state index contributed by atoms with van der Waals surface area (Å²) in [7, 11) is -2.47. The minimum absolute atomic E-state index is 0.0514. The number of hydrogen-bond donors (Lipinski definition) is 2. The average molecular weight is 585 g/mol. The van der Waals surface area contributed by atoms with E-state index in [1.807, 2.05) is 36.4 Å². The van der Waals surface area contributed by atoms with Crippen LogP contribution in [0, 0.1) is 0 Å². The molecule has 1 saturated heterocycles. The van der Waals surface area contributed by atoms with Crippen LogP contribution in [0.3, 0.4) is 0 Å². The Kier molecular flexibility index (Phi) is 7.13. The topological polar surface area (TPSA) is 125 Å². The summed E-state index contributed by atoms with van der Waals surface area (Å²) in [6.45, 7) is 1.16. The van der Waals surface area contributed by atoms with Gasteiger partial charge >= 0.3 is 0 Å². The molecular weight excluding hydrogens is 556 g/mol. The number of nitrogens with one attached hydrogen (secondary N) is 2. The summed E-state index contributed by atoms with van der Waals surface area (Å²) in [4.78, 5) is 40.3. The molecule has 0 saturated carbocycles. The fourth-order valence-corrected chi connectivity index (χ4v) is 7.12. The van der Waals surface area contributed by atoms with Crippen molar-refractivity contribution in [3.8, 4) is 5.75 Å². The molecule has 1 fully saturated rings. The predicted molar refractivity (Wildman–Crippen MR) is 157 cm³/mol. The summed E-state index contributed by atoms with van der Waals surface area (Å²) in [5, 5.41) is 1.95. The molecule has 0 radical (unpaired) electrons. The number of hydrazine groups is 1. The molecule has 2 heterocycles. The minimum Gasteiger partial charge on any atom is -0.495 e. The second-order valence-corrected chi connectivity index (χ2v) is 12.1. The number of sulfonamides is 1. The highest BCUT2D eigenvalue weighted by Crippen LogP contribution is 2.38. The van der Waals surface area contributed by atoms with E-state index in [0.29, 0.717) is 30.8 Å². The summed E-state index contributed by atoms with van der Waals surface area (Å²) >= 11 is 0. The number of rotatable bonds is 7. The molecule has 3 amide bonds. The first kappa shape index (κ1) is 27.4. The van der Waals surface area contributed by atoms with Gasteiger partial charge in [0.2, 0.25) is 10.0 Å². The maximum atomic E-state index is 13.1. The normalized spacial score (nSPS) is 14.8. The van der Waals surface area contributed by atoms with Gasteiger partial charge in [-0.2, -0.15) is 4.31 Å². The molecule has 0 bridgehead atoms. The van der Waals surface area contributed by atoms with Crippen molar-refractivity contribution in [2.24, 2.45) is 0 Å². The summed E-state index contributed by atoms with van der Waals surface area (Å²) < 4.78 is 32.9. The quantitative estimate of drug-likeness (QED) is 0.318. The summed E-state index contributed by atoms with van der Waals surface area (Å²) in [5.74, 6) is -1.16. The zero-order chi connectivity index (χ0) is 29.4. The molecule has 0 unspecified atom stereocenters. The molecule has 4 aromatic rings. The Morgan fingerprint density at radius 1 is 0.857 bits per heavy atom. The molecule has 2 N–H and O–H groups in total. The molecule has 11 heteroatoms. The van der Waals surface area contributed by atoms with Crippen LogP contribution >= 0.6 is 0 Å². The monoisotopic (exact) mass is 584 g/mol. The van der Waals surface area contributed by atoms with E-state index in [1.54, 1.807) is 29.2 Å². The minimum atomic E-state index is -3.84. The van der Waals surface area contributed by atoms with Crippen molar-refractivity contribution >= 4 is 44.2 Å². The zero-order valence-electron chi connectivity index (χ0n) is 22.8. The number of ether oxygens (including phenoxy) is 1. The van der Waals surface area contributed by atoms with Crippen molar-refractivity contribution in [1.29, 1.82) is 0 Å². The number of benzene rings is 4. The van der Waals surface area contributed by atoms with E-state index in [1.165, 1.54) is 29.6 Å². The highest BCUT2D eigenvalue weighted by Gasteiger charge is 2.31. The van der Waals surface area contributed by atoms with Gasteiger partial charge < -0.3 is 9.64 Å². The Morgan fingerprint density at radius 2 is 1.50 bits per heavy atom. The highest BCUT2D eigenvalue weighted by atomic mass is 32.2. The lowest BCUT2D eigenvalue weighted by molar-refractivity contribution is 0.0846. The predicted octanol–water partition coefficient (Wildman–Crippen LogP) is 3.87. The van der Waals surface area contributed by atoms with Crippen LogP contribution in [0.4, 0.5) is 5.69 Å². The van der Waals surface area contributed by atoms with E-state index in [4.69, 9.17) is 4.74 Å². The van der Waals surface area contributed by atoms with Crippen molar-refractivity contribution in [3.05, 3.63) is 101 Å². The number of nitrogens with zero attached hydrogens (tertiary/aromatic N) is 2. The molecule has 0 atom stereocenters. The van der Waals surface area contributed by atoms with Crippen LogP contribution in [0.15, 0.2) is 83.8 Å². The van der Waals surface area contributed by atoms with Gasteiger partial charge in [0.1, 0.15) is 10.6 Å². The van der Waals surface area contributed by atoms with Crippen molar-refractivity contribution in [3.63, 3.8) is 0 Å². The fourth-order valence-electron chi connectivity index (χ4n) is 5.43. The van der Waals surface area contributed by atoms with Crippen molar-refractivity contribution in [2.75, 3.05) is 25.1 Å². The van der Waals surface area contributed by atoms with Gasteiger partial charge in [-0.15, -0.1) is 0 Å². The van der Waals surface area contributed by atoms with Gasteiger partial charge in [-0.3, -0.25) is 25.2 Å². The zero-order valence-corrected chi connectivity index (χ0v) is 23.6. The van der Waals surface area contributed by atoms with E-state index in [-0.39, 0.29) is 22.1 Å². The van der Waals surface area contributed by atoms with Gasteiger partial charge in [0, 0.05) is 35.2 Å².